The van der Waals surface area contributed by atoms with Crippen molar-refractivity contribution in [1.29, 1.82) is 0 Å². The third-order valence-electron chi connectivity index (χ3n) is 5.94. The van der Waals surface area contributed by atoms with Gasteiger partial charge >= 0.3 is 0 Å². The molecule has 168 valence electrons. The number of aryl methyl sites for hydroxylation is 4. The Morgan fingerprint density at radius 1 is 0.909 bits per heavy atom. The zero-order valence-electron chi connectivity index (χ0n) is 20.0. The van der Waals surface area contributed by atoms with Crippen LogP contribution in [0.4, 0.5) is 17.6 Å². The van der Waals surface area contributed by atoms with Crippen molar-refractivity contribution in [2.45, 2.75) is 47.5 Å². The van der Waals surface area contributed by atoms with Crippen molar-refractivity contribution in [2.75, 3.05) is 11.1 Å². The van der Waals surface area contributed by atoms with Gasteiger partial charge in [0.05, 0.1) is 5.52 Å². The monoisotopic (exact) mass is 437 g/mol. The lowest BCUT2D eigenvalue weighted by atomic mass is 9.92. The Hall–Kier alpha value is -3.73. The molecule has 2 aromatic heterocycles. The second-order valence-corrected chi connectivity index (χ2v) is 8.58. The maximum Gasteiger partial charge on any atom is 0.230 e. The largest absolute Gasteiger partial charge is 0.383 e. The van der Waals surface area contributed by atoms with Gasteiger partial charge in [-0.15, -0.1) is 0 Å². The first-order valence-corrected chi connectivity index (χ1v) is 11.4. The average molecular weight is 438 g/mol. The van der Waals surface area contributed by atoms with Crippen LogP contribution < -0.4 is 11.1 Å². The Kier molecular flexibility index (Phi) is 6.40. The first-order chi connectivity index (χ1) is 15.9. The molecule has 0 atom stereocenters. The van der Waals surface area contributed by atoms with Gasteiger partial charge in [0.15, 0.2) is 0 Å². The molecule has 4 aromatic rings. The van der Waals surface area contributed by atoms with Crippen LogP contribution in [0.15, 0.2) is 48.5 Å². The van der Waals surface area contributed by atoms with Crippen LogP contribution in [0.1, 0.15) is 47.7 Å². The first kappa shape index (κ1) is 22.5. The van der Waals surface area contributed by atoms with Gasteiger partial charge in [-0.05, 0) is 74.1 Å². The lowest BCUT2D eigenvalue weighted by molar-refractivity contribution is 0.962. The summed E-state index contributed by atoms with van der Waals surface area (Å²) in [5.74, 6) is 1.59. The molecule has 2 heterocycles. The minimum Gasteiger partial charge on any atom is -0.383 e. The molecule has 0 radical (unpaired) electrons. The lowest BCUT2D eigenvalue weighted by Crippen LogP contribution is -2.04. The number of rotatable bonds is 6. The molecule has 3 N–H and O–H groups in total. The number of aromatic nitrogens is 3. The molecule has 0 bridgehead atoms. The molecule has 0 unspecified atom stereocenters. The fraction of sp³-hybridized carbons (Fsp3) is 0.250. The summed E-state index contributed by atoms with van der Waals surface area (Å²) in [6, 6.07) is 14.5. The van der Waals surface area contributed by atoms with Gasteiger partial charge in [0.25, 0.3) is 0 Å². The topological polar surface area (TPSA) is 76.7 Å². The molecule has 0 aliphatic carbocycles. The molecule has 0 spiro atoms. The Balaban J connectivity index is 1.81. The third-order valence-corrected chi connectivity index (χ3v) is 5.94. The maximum atomic E-state index is 6.36. The Labute approximate surface area is 195 Å². The highest BCUT2D eigenvalue weighted by molar-refractivity contribution is 6.00. The van der Waals surface area contributed by atoms with E-state index in [0.29, 0.717) is 17.6 Å². The molecule has 4 rings (SSSR count). The summed E-state index contributed by atoms with van der Waals surface area (Å²) >= 11 is 0. The SMILES string of the molecule is CCC/C=C/c1cc(C)c(-c2cccc3c(N)nc(Nc4ccc(C)c(C)n4)nc23)c(C)c1. The highest BCUT2D eigenvalue weighted by atomic mass is 15.2. The van der Waals surface area contributed by atoms with Crippen molar-refractivity contribution < 1.29 is 0 Å². The van der Waals surface area contributed by atoms with Crippen molar-refractivity contribution in [3.05, 3.63) is 76.5 Å². The maximum absolute atomic E-state index is 6.36. The van der Waals surface area contributed by atoms with Crippen LogP contribution in [0, 0.1) is 27.7 Å². The van der Waals surface area contributed by atoms with E-state index < -0.39 is 0 Å². The molecule has 0 aliphatic rings. The standard InChI is InChI=1S/C28H31N5/c1-6-7-8-10-21-15-18(3)25(19(4)16-21)22-11-9-12-23-26(22)32-28(33-27(23)29)31-24-14-13-17(2)20(5)30-24/h8-16H,6-7H2,1-5H3,(H3,29,30,31,32,33)/b10-8+. The summed E-state index contributed by atoms with van der Waals surface area (Å²) in [5, 5.41) is 4.07. The highest BCUT2D eigenvalue weighted by Crippen LogP contribution is 2.35. The highest BCUT2D eigenvalue weighted by Gasteiger charge is 2.15. The molecule has 5 nitrogen and oxygen atoms in total. The Morgan fingerprint density at radius 2 is 1.67 bits per heavy atom. The van der Waals surface area contributed by atoms with Crippen molar-refractivity contribution in [3.8, 4) is 11.1 Å². The molecule has 33 heavy (non-hydrogen) atoms. The Morgan fingerprint density at radius 3 is 2.36 bits per heavy atom. The van der Waals surface area contributed by atoms with E-state index in [0.717, 1.165) is 40.6 Å². The number of allylic oxidation sites excluding steroid dienone is 1. The summed E-state index contributed by atoms with van der Waals surface area (Å²) in [6.07, 6.45) is 6.68. The number of hydrogen-bond acceptors (Lipinski definition) is 5. The van der Waals surface area contributed by atoms with E-state index in [1.807, 2.05) is 38.1 Å². The van der Waals surface area contributed by atoms with E-state index in [2.05, 4.69) is 66.4 Å². The van der Waals surface area contributed by atoms with E-state index >= 15 is 0 Å². The summed E-state index contributed by atoms with van der Waals surface area (Å²) < 4.78 is 0. The van der Waals surface area contributed by atoms with Crippen LogP contribution >= 0.6 is 0 Å². The quantitative estimate of drug-likeness (QED) is 0.337. The molecular weight excluding hydrogens is 406 g/mol. The number of fused-ring (bicyclic) bond motifs is 1. The normalized spacial score (nSPS) is 11.4. The van der Waals surface area contributed by atoms with Crippen molar-refractivity contribution in [2.24, 2.45) is 0 Å². The van der Waals surface area contributed by atoms with Crippen LogP contribution in [0.3, 0.4) is 0 Å². The molecule has 2 aromatic carbocycles. The lowest BCUT2D eigenvalue weighted by Gasteiger charge is -2.15. The minimum atomic E-state index is 0.442. The zero-order chi connectivity index (χ0) is 23.5. The second-order valence-electron chi connectivity index (χ2n) is 8.58. The number of nitrogens with two attached hydrogens (primary N) is 1. The van der Waals surface area contributed by atoms with Crippen LogP contribution in [-0.2, 0) is 0 Å². The fourth-order valence-corrected chi connectivity index (χ4v) is 4.15. The number of nitrogens with one attached hydrogen (secondary N) is 1. The van der Waals surface area contributed by atoms with Crippen molar-refractivity contribution in [3.63, 3.8) is 0 Å². The summed E-state index contributed by atoms with van der Waals surface area (Å²) in [7, 11) is 0. The van der Waals surface area contributed by atoms with Crippen LogP contribution in [0.5, 0.6) is 0 Å². The number of unbranched alkanes of at least 4 members (excludes halogenated alkanes) is 1. The van der Waals surface area contributed by atoms with Gasteiger partial charge in [-0.1, -0.05) is 55.8 Å². The van der Waals surface area contributed by atoms with E-state index in [9.17, 15) is 0 Å². The molecule has 5 heteroatoms. The average Bonchev–Trinajstić information content (AvgIpc) is 2.76. The van der Waals surface area contributed by atoms with Gasteiger partial charge in [-0.3, -0.25) is 0 Å². The number of benzene rings is 2. The van der Waals surface area contributed by atoms with Crippen molar-refractivity contribution >= 4 is 34.6 Å². The third kappa shape index (κ3) is 4.72. The molecular formula is C28H31N5. The van der Waals surface area contributed by atoms with Gasteiger partial charge in [0.1, 0.15) is 11.6 Å². The number of para-hydroxylation sites is 1. The van der Waals surface area contributed by atoms with Gasteiger partial charge in [-0.25, -0.2) is 9.97 Å². The molecule has 0 aliphatic heterocycles. The van der Waals surface area contributed by atoms with Gasteiger partial charge < -0.3 is 11.1 Å². The van der Waals surface area contributed by atoms with Crippen LogP contribution in [-0.4, -0.2) is 15.0 Å². The van der Waals surface area contributed by atoms with Gasteiger partial charge in [-0.2, -0.15) is 4.98 Å². The number of pyridine rings is 1. The molecule has 0 amide bonds. The predicted octanol–water partition coefficient (Wildman–Crippen LogP) is 7.06. The van der Waals surface area contributed by atoms with Crippen LogP contribution in [0.25, 0.3) is 28.1 Å². The summed E-state index contributed by atoms with van der Waals surface area (Å²) in [5.41, 5.74) is 15.2. The zero-order valence-corrected chi connectivity index (χ0v) is 20.0. The van der Waals surface area contributed by atoms with E-state index in [1.54, 1.807) is 0 Å². The Bertz CT molecular complexity index is 1330. The molecule has 0 saturated carbocycles. The summed E-state index contributed by atoms with van der Waals surface area (Å²) in [4.78, 5) is 13.9. The smallest absolute Gasteiger partial charge is 0.230 e. The number of hydrogen-bond donors (Lipinski definition) is 2. The second kappa shape index (κ2) is 9.41. The number of nitrogens with zero attached hydrogens (tertiary/aromatic N) is 3. The van der Waals surface area contributed by atoms with E-state index in [-0.39, 0.29) is 0 Å². The predicted molar refractivity (Wildman–Crippen MR) is 140 cm³/mol. The van der Waals surface area contributed by atoms with Crippen molar-refractivity contribution in [1.82, 2.24) is 15.0 Å². The van der Waals surface area contributed by atoms with Gasteiger partial charge in [0.2, 0.25) is 5.95 Å². The van der Waals surface area contributed by atoms with Gasteiger partial charge in [0, 0.05) is 16.6 Å². The molecule has 0 fully saturated rings. The first-order valence-electron chi connectivity index (χ1n) is 11.4. The van der Waals surface area contributed by atoms with E-state index in [4.69, 9.17) is 10.7 Å². The van der Waals surface area contributed by atoms with Crippen LogP contribution in [0.2, 0.25) is 0 Å². The number of anilines is 3. The van der Waals surface area contributed by atoms with E-state index in [1.165, 1.54) is 22.3 Å². The fourth-order valence-electron chi connectivity index (χ4n) is 4.15. The molecule has 0 saturated heterocycles. The number of nitrogen functional groups attached to an aromatic ring is 1. The minimum absolute atomic E-state index is 0.442. The summed E-state index contributed by atoms with van der Waals surface area (Å²) in [6.45, 7) is 10.5.